The Kier molecular flexibility index (Phi) is 4.06. The fraction of sp³-hybridized carbons (Fsp3) is 0.625. The van der Waals surface area contributed by atoms with Crippen LogP contribution in [0.2, 0.25) is 0 Å². The number of hydrogen-bond acceptors (Lipinski definition) is 3. The molecule has 3 atom stereocenters. The molecule has 0 spiro atoms. The lowest BCUT2D eigenvalue weighted by atomic mass is 9.85. The van der Waals surface area contributed by atoms with Crippen molar-refractivity contribution in [2.75, 3.05) is 5.75 Å². The Hall–Kier alpha value is -0.940. The van der Waals surface area contributed by atoms with Crippen LogP contribution >= 0.6 is 0 Å². The normalized spacial score (nSPS) is 31.6. The zero-order chi connectivity index (χ0) is 15.0. The van der Waals surface area contributed by atoms with Gasteiger partial charge in [-0.25, -0.2) is 12.8 Å². The molecule has 1 N–H and O–H groups in total. The maximum atomic E-state index is 13.6. The van der Waals surface area contributed by atoms with Crippen LogP contribution in [-0.4, -0.2) is 20.2 Å². The number of sulfone groups is 1. The summed E-state index contributed by atoms with van der Waals surface area (Å²) in [6.07, 6.45) is 5.34. The molecule has 0 radical (unpaired) electrons. The van der Waals surface area contributed by atoms with E-state index in [-0.39, 0.29) is 17.6 Å². The molecule has 1 saturated carbocycles. The summed E-state index contributed by atoms with van der Waals surface area (Å²) < 4.78 is 37.8. The first-order valence-corrected chi connectivity index (χ1v) is 9.41. The summed E-state index contributed by atoms with van der Waals surface area (Å²) in [5, 5.41) is 3.60. The summed E-state index contributed by atoms with van der Waals surface area (Å²) in [6, 6.07) is 4.39. The van der Waals surface area contributed by atoms with E-state index in [9.17, 15) is 12.8 Å². The molecule has 2 aliphatic rings. The number of rotatable bonds is 2. The highest BCUT2D eigenvalue weighted by Crippen LogP contribution is 2.35. The molecule has 1 aliphatic carbocycles. The molecule has 1 heterocycles. The van der Waals surface area contributed by atoms with Crippen molar-refractivity contribution < 1.29 is 12.8 Å². The average molecular weight is 311 g/mol. The summed E-state index contributed by atoms with van der Waals surface area (Å²) in [7, 11) is -3.25. The van der Waals surface area contributed by atoms with Gasteiger partial charge in [0.25, 0.3) is 0 Å². The van der Waals surface area contributed by atoms with E-state index in [4.69, 9.17) is 0 Å². The predicted octanol–water partition coefficient (Wildman–Crippen LogP) is 3.21. The zero-order valence-electron chi connectivity index (χ0n) is 12.3. The number of halogens is 1. The lowest BCUT2D eigenvalue weighted by molar-refractivity contribution is 0.254. The second kappa shape index (κ2) is 5.69. The summed E-state index contributed by atoms with van der Waals surface area (Å²) in [5.74, 6) is 0.369. The van der Waals surface area contributed by atoms with Gasteiger partial charge in [-0.3, -0.25) is 0 Å². The highest BCUT2D eigenvalue weighted by Gasteiger charge is 2.33. The molecule has 1 aromatic rings. The molecule has 3 nitrogen and oxygen atoms in total. The van der Waals surface area contributed by atoms with Crippen molar-refractivity contribution in [3.63, 3.8) is 0 Å². The second-order valence-electron chi connectivity index (χ2n) is 6.38. The van der Waals surface area contributed by atoms with Crippen LogP contribution < -0.4 is 5.32 Å². The largest absolute Gasteiger partial charge is 0.307 e. The third-order valence-electron chi connectivity index (χ3n) is 4.88. The Morgan fingerprint density at radius 3 is 2.71 bits per heavy atom. The van der Waals surface area contributed by atoms with Gasteiger partial charge in [0.2, 0.25) is 0 Å². The van der Waals surface area contributed by atoms with E-state index < -0.39 is 9.84 Å². The van der Waals surface area contributed by atoms with Gasteiger partial charge in [0, 0.05) is 12.1 Å². The van der Waals surface area contributed by atoms with Crippen LogP contribution in [0, 0.1) is 11.7 Å². The van der Waals surface area contributed by atoms with E-state index >= 15 is 0 Å². The third-order valence-corrected chi connectivity index (χ3v) is 6.70. The first kappa shape index (κ1) is 15.0. The molecule has 3 unspecified atom stereocenters. The smallest absolute Gasteiger partial charge is 0.178 e. The van der Waals surface area contributed by atoms with Crippen molar-refractivity contribution in [3.05, 3.63) is 29.6 Å². The topological polar surface area (TPSA) is 46.2 Å². The minimum atomic E-state index is -3.25. The van der Waals surface area contributed by atoms with Crippen molar-refractivity contribution in [2.45, 2.75) is 56.0 Å². The highest BCUT2D eigenvalue weighted by molar-refractivity contribution is 7.91. The molecule has 0 saturated heterocycles. The molecule has 1 fully saturated rings. The summed E-state index contributed by atoms with van der Waals surface area (Å²) in [5.41, 5.74) is 0.610. The molecular weight excluding hydrogens is 289 g/mol. The number of fused-ring (bicyclic) bond motifs is 1. The summed E-state index contributed by atoms with van der Waals surface area (Å²) in [4.78, 5) is 0.302. The van der Waals surface area contributed by atoms with Gasteiger partial charge in [-0.1, -0.05) is 19.8 Å². The van der Waals surface area contributed by atoms with Gasteiger partial charge in [0.1, 0.15) is 5.82 Å². The van der Waals surface area contributed by atoms with E-state index in [1.807, 2.05) is 0 Å². The minimum Gasteiger partial charge on any atom is -0.307 e. The first-order valence-electron chi connectivity index (χ1n) is 7.75. The molecule has 1 aliphatic heterocycles. The molecule has 0 aromatic heterocycles. The van der Waals surface area contributed by atoms with Crippen molar-refractivity contribution in [1.82, 2.24) is 5.32 Å². The van der Waals surface area contributed by atoms with E-state index in [0.29, 0.717) is 28.8 Å². The van der Waals surface area contributed by atoms with Crippen molar-refractivity contribution >= 4 is 9.84 Å². The van der Waals surface area contributed by atoms with E-state index in [1.165, 1.54) is 37.5 Å². The fourth-order valence-corrected chi connectivity index (χ4v) is 5.21. The van der Waals surface area contributed by atoms with Crippen LogP contribution in [-0.2, 0) is 9.84 Å². The van der Waals surface area contributed by atoms with Crippen LogP contribution in [0.5, 0.6) is 0 Å². The minimum absolute atomic E-state index is 0.0511. The van der Waals surface area contributed by atoms with Crippen molar-refractivity contribution in [1.29, 1.82) is 0 Å². The number of hydrogen-bond donors (Lipinski definition) is 1. The lowest BCUT2D eigenvalue weighted by Crippen LogP contribution is -2.41. The fourth-order valence-electron chi connectivity index (χ4n) is 3.61. The molecule has 0 bridgehead atoms. The maximum Gasteiger partial charge on any atom is 0.178 e. The Morgan fingerprint density at radius 1 is 1.19 bits per heavy atom. The van der Waals surface area contributed by atoms with Gasteiger partial charge in [0.15, 0.2) is 9.84 Å². The SMILES string of the molecule is CC1CCCCC1NC1CCS(=O)(=O)c2ccc(F)cc21. The Morgan fingerprint density at radius 2 is 1.95 bits per heavy atom. The molecule has 0 amide bonds. The molecule has 21 heavy (non-hydrogen) atoms. The van der Waals surface area contributed by atoms with Crippen LogP contribution in [0.25, 0.3) is 0 Å². The Balaban J connectivity index is 1.89. The van der Waals surface area contributed by atoms with Crippen LogP contribution in [0.3, 0.4) is 0 Å². The summed E-state index contributed by atoms with van der Waals surface area (Å²) in [6.45, 7) is 2.24. The molecule has 3 rings (SSSR count). The molecule has 5 heteroatoms. The third kappa shape index (κ3) is 2.99. The van der Waals surface area contributed by atoms with Gasteiger partial charge in [-0.2, -0.15) is 0 Å². The standard InChI is InChI=1S/C16H22FNO2S/c1-11-4-2-3-5-14(11)18-15-8-9-21(19,20)16-7-6-12(17)10-13(15)16/h6-7,10-11,14-15,18H,2-5,8-9H2,1H3. The van der Waals surface area contributed by atoms with E-state index in [0.717, 1.165) is 6.42 Å². The van der Waals surface area contributed by atoms with Crippen LogP contribution in [0.4, 0.5) is 4.39 Å². The zero-order valence-corrected chi connectivity index (χ0v) is 13.1. The van der Waals surface area contributed by atoms with E-state index in [1.54, 1.807) is 0 Å². The first-order chi connectivity index (χ1) is 9.97. The molecule has 1 aromatic carbocycles. The molecular formula is C16H22FNO2S. The van der Waals surface area contributed by atoms with Crippen molar-refractivity contribution in [3.8, 4) is 0 Å². The second-order valence-corrected chi connectivity index (χ2v) is 8.45. The maximum absolute atomic E-state index is 13.6. The van der Waals surface area contributed by atoms with Gasteiger partial charge < -0.3 is 5.32 Å². The number of nitrogens with one attached hydrogen (secondary N) is 1. The number of benzene rings is 1. The van der Waals surface area contributed by atoms with Crippen molar-refractivity contribution in [2.24, 2.45) is 5.92 Å². The quantitative estimate of drug-likeness (QED) is 0.853. The average Bonchev–Trinajstić information content (AvgIpc) is 2.44. The highest BCUT2D eigenvalue weighted by atomic mass is 32.2. The summed E-state index contributed by atoms with van der Waals surface area (Å²) >= 11 is 0. The van der Waals surface area contributed by atoms with Gasteiger partial charge in [-0.05, 0) is 48.9 Å². The monoisotopic (exact) mass is 311 g/mol. The Labute approximate surface area is 125 Å². The van der Waals surface area contributed by atoms with Gasteiger partial charge in [-0.15, -0.1) is 0 Å². The van der Waals surface area contributed by atoms with Crippen LogP contribution in [0.1, 0.15) is 50.6 Å². The van der Waals surface area contributed by atoms with E-state index in [2.05, 4.69) is 12.2 Å². The molecule has 116 valence electrons. The Bertz CT molecular complexity index is 629. The van der Waals surface area contributed by atoms with Crippen LogP contribution in [0.15, 0.2) is 23.1 Å². The van der Waals surface area contributed by atoms with Gasteiger partial charge in [0.05, 0.1) is 10.6 Å². The van der Waals surface area contributed by atoms with Gasteiger partial charge >= 0.3 is 0 Å². The lowest BCUT2D eigenvalue weighted by Gasteiger charge is -2.35. The predicted molar refractivity (Wildman–Crippen MR) is 80.4 cm³/mol.